The highest BCUT2D eigenvalue weighted by atomic mass is 32.2. The Bertz CT molecular complexity index is 1440. The van der Waals surface area contributed by atoms with Crippen molar-refractivity contribution < 1.29 is 26.4 Å². The zero-order valence-corrected chi connectivity index (χ0v) is 17.1. The fourth-order valence-electron chi connectivity index (χ4n) is 3.72. The monoisotopic (exact) mass is 446 g/mol. The predicted octanol–water partition coefficient (Wildman–Crippen LogP) is 4.36. The minimum atomic E-state index is -4.53. The van der Waals surface area contributed by atoms with E-state index in [9.17, 15) is 26.4 Å². The fourth-order valence-corrected chi connectivity index (χ4v) is 4.35. The number of halogens is 3. The van der Waals surface area contributed by atoms with E-state index in [0.717, 1.165) is 18.4 Å². The van der Waals surface area contributed by atoms with Gasteiger partial charge in [-0.2, -0.15) is 13.2 Å². The normalized spacial score (nSPS) is 12.5. The van der Waals surface area contributed by atoms with Crippen molar-refractivity contribution in [2.45, 2.75) is 17.6 Å². The highest BCUT2D eigenvalue weighted by Gasteiger charge is 2.31. The number of fused-ring (bicyclic) bond motifs is 3. The molecule has 1 aromatic heterocycles. The summed E-state index contributed by atoms with van der Waals surface area (Å²) in [7, 11) is -3.37. The van der Waals surface area contributed by atoms with E-state index < -0.39 is 27.5 Å². The summed E-state index contributed by atoms with van der Waals surface area (Å²) in [6, 6.07) is 14.4. The Kier molecular flexibility index (Phi) is 4.81. The number of rotatable bonds is 4. The number of benzene rings is 3. The lowest BCUT2D eigenvalue weighted by molar-refractivity contribution is -0.137. The van der Waals surface area contributed by atoms with Crippen molar-refractivity contribution in [3.63, 3.8) is 0 Å². The van der Waals surface area contributed by atoms with Crippen LogP contribution in [0.15, 0.2) is 65.6 Å². The summed E-state index contributed by atoms with van der Waals surface area (Å²) in [4.78, 5) is 12.1. The summed E-state index contributed by atoms with van der Waals surface area (Å²) in [5.41, 5.74) is 6.45. The van der Waals surface area contributed by atoms with Crippen molar-refractivity contribution in [3.8, 4) is 0 Å². The van der Waals surface area contributed by atoms with Gasteiger partial charge in [0, 0.05) is 29.1 Å². The summed E-state index contributed by atoms with van der Waals surface area (Å²) < 4.78 is 65.1. The molecule has 160 valence electrons. The molecule has 1 heterocycles. The molecule has 0 fully saturated rings. The molecule has 0 spiro atoms. The smallest absolute Gasteiger partial charge is 0.366 e. The molecule has 2 N–H and O–H groups in total. The van der Waals surface area contributed by atoms with Crippen molar-refractivity contribution in [1.82, 2.24) is 4.57 Å². The number of carbonyl (C=O) groups excluding carboxylic acids is 1. The predicted molar refractivity (Wildman–Crippen MR) is 112 cm³/mol. The number of nitrogens with two attached hydrogens (primary N) is 1. The zero-order valence-electron chi connectivity index (χ0n) is 16.3. The Labute approximate surface area is 175 Å². The summed E-state index contributed by atoms with van der Waals surface area (Å²) in [6.07, 6.45) is -3.43. The molecule has 0 aliphatic carbocycles. The van der Waals surface area contributed by atoms with Gasteiger partial charge in [-0.25, -0.2) is 8.42 Å². The third kappa shape index (κ3) is 3.76. The average Bonchev–Trinajstić information content (AvgIpc) is 3.00. The van der Waals surface area contributed by atoms with E-state index >= 15 is 0 Å². The van der Waals surface area contributed by atoms with Gasteiger partial charge in [-0.15, -0.1) is 0 Å². The van der Waals surface area contributed by atoms with Crippen LogP contribution in [-0.4, -0.2) is 25.1 Å². The molecule has 0 saturated carbocycles. The van der Waals surface area contributed by atoms with Crippen molar-refractivity contribution in [3.05, 3.63) is 77.4 Å². The number of hydrogen-bond acceptors (Lipinski definition) is 3. The minimum absolute atomic E-state index is 0.147. The molecule has 3 aromatic carbocycles. The van der Waals surface area contributed by atoms with Gasteiger partial charge >= 0.3 is 6.18 Å². The third-order valence-corrected chi connectivity index (χ3v) is 6.30. The first-order valence-corrected chi connectivity index (χ1v) is 11.1. The number of aromatic nitrogens is 1. The van der Waals surface area contributed by atoms with Crippen LogP contribution in [0.1, 0.15) is 21.5 Å². The maximum Gasteiger partial charge on any atom is 0.416 e. The van der Waals surface area contributed by atoms with Crippen molar-refractivity contribution >= 4 is 37.6 Å². The maximum absolute atomic E-state index is 13.4. The fraction of sp³-hybridized carbons (Fsp3) is 0.136. The lowest BCUT2D eigenvalue weighted by atomic mass is 10.0. The Morgan fingerprint density at radius 1 is 1.00 bits per heavy atom. The molecule has 0 bridgehead atoms. The van der Waals surface area contributed by atoms with Gasteiger partial charge in [0.25, 0.3) is 0 Å². The van der Waals surface area contributed by atoms with E-state index in [0.29, 0.717) is 27.4 Å². The summed E-state index contributed by atoms with van der Waals surface area (Å²) in [5.74, 6) is -0.679. The van der Waals surface area contributed by atoms with Crippen LogP contribution in [0.2, 0.25) is 0 Å². The first-order chi connectivity index (χ1) is 14.5. The lowest BCUT2D eigenvalue weighted by Gasteiger charge is -2.11. The van der Waals surface area contributed by atoms with E-state index in [-0.39, 0.29) is 17.0 Å². The molecular weight excluding hydrogens is 429 g/mol. The molecule has 9 heteroatoms. The van der Waals surface area contributed by atoms with E-state index in [2.05, 4.69) is 0 Å². The number of primary amides is 1. The molecule has 4 rings (SSSR count). The number of nitrogens with zero attached hydrogens (tertiary/aromatic N) is 1. The molecule has 0 atom stereocenters. The Balaban J connectivity index is 1.97. The maximum atomic E-state index is 13.4. The highest BCUT2D eigenvalue weighted by Crippen LogP contribution is 2.37. The molecule has 0 aliphatic heterocycles. The summed E-state index contributed by atoms with van der Waals surface area (Å²) in [6.45, 7) is 0.174. The van der Waals surface area contributed by atoms with Crippen molar-refractivity contribution in [2.24, 2.45) is 5.73 Å². The average molecular weight is 446 g/mol. The highest BCUT2D eigenvalue weighted by molar-refractivity contribution is 7.90. The second-order valence-electron chi connectivity index (χ2n) is 7.30. The molecule has 0 unspecified atom stereocenters. The molecular formula is C22H17F3N2O3S. The summed E-state index contributed by atoms with van der Waals surface area (Å²) >= 11 is 0. The van der Waals surface area contributed by atoms with E-state index in [1.54, 1.807) is 28.8 Å². The lowest BCUT2D eigenvalue weighted by Crippen LogP contribution is -2.11. The second-order valence-corrected chi connectivity index (χ2v) is 9.31. The number of carbonyl (C=O) groups is 1. The minimum Gasteiger partial charge on any atom is -0.366 e. The van der Waals surface area contributed by atoms with Crippen LogP contribution in [0.5, 0.6) is 0 Å². The topological polar surface area (TPSA) is 82.2 Å². The largest absolute Gasteiger partial charge is 0.416 e. The molecule has 4 aromatic rings. The Morgan fingerprint density at radius 3 is 2.26 bits per heavy atom. The first kappa shape index (κ1) is 20.9. The van der Waals surface area contributed by atoms with Crippen molar-refractivity contribution in [1.29, 1.82) is 0 Å². The van der Waals surface area contributed by atoms with Crippen LogP contribution >= 0.6 is 0 Å². The number of alkyl halides is 3. The van der Waals surface area contributed by atoms with Gasteiger partial charge in [0.2, 0.25) is 5.91 Å². The van der Waals surface area contributed by atoms with E-state index in [1.165, 1.54) is 24.3 Å². The van der Waals surface area contributed by atoms with Crippen LogP contribution < -0.4 is 5.73 Å². The van der Waals surface area contributed by atoms with Gasteiger partial charge in [-0.3, -0.25) is 4.79 Å². The molecule has 0 saturated heterocycles. The zero-order chi connectivity index (χ0) is 22.6. The summed E-state index contributed by atoms with van der Waals surface area (Å²) in [5, 5.41) is 0.955. The molecule has 0 radical (unpaired) electrons. The number of hydrogen-bond donors (Lipinski definition) is 1. The SMILES string of the molecule is CS(=O)(=O)c1ccc(Cn2c3cc(C(F)(F)F)ccc3c3c(C(N)=O)cccc32)cc1. The second kappa shape index (κ2) is 7.12. The van der Waals surface area contributed by atoms with Crippen LogP contribution in [0, 0.1) is 0 Å². The van der Waals surface area contributed by atoms with Crippen molar-refractivity contribution in [2.75, 3.05) is 6.26 Å². The third-order valence-electron chi connectivity index (χ3n) is 5.18. The van der Waals surface area contributed by atoms with Gasteiger partial charge in [0.1, 0.15) is 0 Å². The van der Waals surface area contributed by atoms with Gasteiger partial charge in [-0.05, 0) is 42.0 Å². The quantitative estimate of drug-likeness (QED) is 0.506. The molecule has 0 aliphatic rings. The van der Waals surface area contributed by atoms with Crippen LogP contribution in [0.3, 0.4) is 0 Å². The molecule has 1 amide bonds. The standard InChI is InChI=1S/C22H17F3N2O3S/c1-31(29,30)15-8-5-13(6-9-15)12-27-18-4-2-3-17(21(26)28)20(18)16-10-7-14(11-19(16)27)22(23,24)25/h2-11H,12H2,1H3,(H2,26,28). The van der Waals surface area contributed by atoms with Crippen LogP contribution in [0.25, 0.3) is 21.8 Å². The van der Waals surface area contributed by atoms with Gasteiger partial charge in [-0.1, -0.05) is 24.3 Å². The van der Waals surface area contributed by atoms with E-state index in [1.807, 2.05) is 0 Å². The Hall–Kier alpha value is -3.33. The van der Waals surface area contributed by atoms with Crippen LogP contribution in [-0.2, 0) is 22.6 Å². The molecule has 5 nitrogen and oxygen atoms in total. The molecule has 31 heavy (non-hydrogen) atoms. The van der Waals surface area contributed by atoms with Gasteiger partial charge < -0.3 is 10.3 Å². The number of amides is 1. The van der Waals surface area contributed by atoms with Gasteiger partial charge in [0.15, 0.2) is 9.84 Å². The van der Waals surface area contributed by atoms with E-state index in [4.69, 9.17) is 5.73 Å². The van der Waals surface area contributed by atoms with Gasteiger partial charge in [0.05, 0.1) is 21.5 Å². The first-order valence-electron chi connectivity index (χ1n) is 9.18. The number of sulfone groups is 1. The van der Waals surface area contributed by atoms with Crippen LogP contribution in [0.4, 0.5) is 13.2 Å². The Morgan fingerprint density at radius 2 is 1.68 bits per heavy atom.